The average Bonchev–Trinajstić information content (AvgIpc) is 2.77. The molecule has 0 radical (unpaired) electrons. The van der Waals surface area contributed by atoms with E-state index < -0.39 is 0 Å². The van der Waals surface area contributed by atoms with Crippen LogP contribution < -0.4 is 9.47 Å². The van der Waals surface area contributed by atoms with Crippen molar-refractivity contribution in [3.8, 4) is 11.5 Å². The van der Waals surface area contributed by atoms with Crippen LogP contribution in [-0.2, 0) is 11.2 Å². The van der Waals surface area contributed by atoms with Crippen molar-refractivity contribution in [3.63, 3.8) is 0 Å². The number of piperidine rings is 1. The second-order valence-corrected chi connectivity index (χ2v) is 8.03. The molecule has 6 heteroatoms. The SMILES string of the molecule is COc1cc(C(C)=O)ccc1OCCCC(=O)N1CCC(Cc2cccc(F)c2)CC1. The Morgan fingerprint density at radius 2 is 1.87 bits per heavy atom. The van der Waals surface area contributed by atoms with Crippen LogP contribution in [0.2, 0.25) is 0 Å². The van der Waals surface area contributed by atoms with E-state index in [4.69, 9.17) is 9.47 Å². The van der Waals surface area contributed by atoms with Crippen molar-refractivity contribution in [1.82, 2.24) is 4.90 Å². The van der Waals surface area contributed by atoms with Crippen LogP contribution in [0.5, 0.6) is 11.5 Å². The summed E-state index contributed by atoms with van der Waals surface area (Å²) in [6.45, 7) is 3.41. The van der Waals surface area contributed by atoms with Crippen molar-refractivity contribution in [2.45, 2.75) is 39.0 Å². The van der Waals surface area contributed by atoms with Gasteiger partial charge >= 0.3 is 0 Å². The lowest BCUT2D eigenvalue weighted by atomic mass is 9.90. The Balaban J connectivity index is 1.38. The van der Waals surface area contributed by atoms with Crippen LogP contribution in [0.15, 0.2) is 42.5 Å². The van der Waals surface area contributed by atoms with Gasteiger partial charge in [0.2, 0.25) is 5.91 Å². The van der Waals surface area contributed by atoms with E-state index in [1.165, 1.54) is 20.1 Å². The van der Waals surface area contributed by atoms with E-state index >= 15 is 0 Å². The molecule has 0 atom stereocenters. The standard InChI is InChI=1S/C25H30FNO4/c1-18(28)21-8-9-23(24(17-21)30-2)31-14-4-7-25(29)27-12-10-19(11-13-27)15-20-5-3-6-22(26)16-20/h3,5-6,8-9,16-17,19H,4,7,10-15H2,1-2H3. The Hall–Kier alpha value is -2.89. The van der Waals surface area contributed by atoms with Crippen LogP contribution in [0.4, 0.5) is 4.39 Å². The Labute approximate surface area is 183 Å². The summed E-state index contributed by atoms with van der Waals surface area (Å²) in [7, 11) is 1.54. The zero-order valence-electron chi connectivity index (χ0n) is 18.2. The van der Waals surface area contributed by atoms with Crippen LogP contribution in [0.3, 0.4) is 0 Å². The fraction of sp³-hybridized carbons (Fsp3) is 0.440. The van der Waals surface area contributed by atoms with Crippen LogP contribution in [-0.4, -0.2) is 43.4 Å². The summed E-state index contributed by atoms with van der Waals surface area (Å²) in [6, 6.07) is 11.9. The third kappa shape index (κ3) is 6.54. The minimum atomic E-state index is -0.195. The first-order valence-corrected chi connectivity index (χ1v) is 10.8. The first kappa shape index (κ1) is 22.8. The Bertz CT molecular complexity index is 906. The fourth-order valence-electron chi connectivity index (χ4n) is 3.95. The maximum Gasteiger partial charge on any atom is 0.222 e. The lowest BCUT2D eigenvalue weighted by molar-refractivity contribution is -0.132. The van der Waals surface area contributed by atoms with Crippen LogP contribution in [0.25, 0.3) is 0 Å². The highest BCUT2D eigenvalue weighted by molar-refractivity contribution is 5.94. The maximum atomic E-state index is 13.4. The number of rotatable bonds is 9. The van der Waals surface area contributed by atoms with Gasteiger partial charge in [-0.05, 0) is 74.4 Å². The molecule has 31 heavy (non-hydrogen) atoms. The van der Waals surface area contributed by atoms with Crippen LogP contribution in [0, 0.1) is 11.7 Å². The summed E-state index contributed by atoms with van der Waals surface area (Å²) < 4.78 is 24.4. The van der Waals surface area contributed by atoms with E-state index in [0.717, 1.165) is 37.9 Å². The number of amides is 1. The molecule has 5 nitrogen and oxygen atoms in total. The minimum Gasteiger partial charge on any atom is -0.493 e. The molecule has 166 valence electrons. The summed E-state index contributed by atoms with van der Waals surface area (Å²) in [4.78, 5) is 25.9. The summed E-state index contributed by atoms with van der Waals surface area (Å²) in [5.74, 6) is 1.48. The molecule has 1 saturated heterocycles. The monoisotopic (exact) mass is 427 g/mol. The van der Waals surface area contributed by atoms with Crippen LogP contribution in [0.1, 0.15) is 48.5 Å². The predicted molar refractivity (Wildman–Crippen MR) is 117 cm³/mol. The number of ether oxygens (including phenoxy) is 2. The van der Waals surface area contributed by atoms with E-state index in [-0.39, 0.29) is 17.5 Å². The van der Waals surface area contributed by atoms with Crippen molar-refractivity contribution in [3.05, 3.63) is 59.4 Å². The molecule has 1 aliphatic rings. The van der Waals surface area contributed by atoms with Gasteiger partial charge in [-0.3, -0.25) is 9.59 Å². The van der Waals surface area contributed by atoms with Crippen molar-refractivity contribution >= 4 is 11.7 Å². The van der Waals surface area contributed by atoms with Crippen molar-refractivity contribution in [2.75, 3.05) is 26.8 Å². The topological polar surface area (TPSA) is 55.8 Å². The number of halogens is 1. The molecule has 0 saturated carbocycles. The molecule has 3 rings (SSSR count). The number of carbonyl (C=O) groups is 2. The highest BCUT2D eigenvalue weighted by Gasteiger charge is 2.22. The number of likely N-dealkylation sites (tertiary alicyclic amines) is 1. The van der Waals surface area contributed by atoms with Crippen molar-refractivity contribution < 1.29 is 23.5 Å². The molecule has 0 bridgehead atoms. The summed E-state index contributed by atoms with van der Waals surface area (Å²) in [5, 5.41) is 0. The highest BCUT2D eigenvalue weighted by atomic mass is 19.1. The van der Waals surface area contributed by atoms with Crippen molar-refractivity contribution in [2.24, 2.45) is 5.92 Å². The summed E-state index contributed by atoms with van der Waals surface area (Å²) in [6.07, 6.45) is 3.79. The molecular weight excluding hydrogens is 397 g/mol. The zero-order valence-corrected chi connectivity index (χ0v) is 18.2. The molecule has 2 aromatic rings. The van der Waals surface area contributed by atoms with E-state index in [1.807, 2.05) is 11.0 Å². The zero-order chi connectivity index (χ0) is 22.2. The average molecular weight is 428 g/mol. The molecule has 0 spiro atoms. The lowest BCUT2D eigenvalue weighted by Crippen LogP contribution is -2.38. The molecule has 2 aromatic carbocycles. The van der Waals surface area contributed by atoms with Gasteiger partial charge in [0.15, 0.2) is 17.3 Å². The number of benzene rings is 2. The largest absolute Gasteiger partial charge is 0.493 e. The summed E-state index contributed by atoms with van der Waals surface area (Å²) in [5.41, 5.74) is 1.59. The number of Topliss-reactive ketones (excluding diaryl/α,β-unsaturated/α-hetero) is 1. The molecule has 1 fully saturated rings. The molecule has 1 amide bonds. The fourth-order valence-corrected chi connectivity index (χ4v) is 3.95. The highest BCUT2D eigenvalue weighted by Crippen LogP contribution is 2.28. The van der Waals surface area contributed by atoms with Gasteiger partial charge in [0.25, 0.3) is 0 Å². The third-order valence-electron chi connectivity index (χ3n) is 5.74. The van der Waals surface area contributed by atoms with E-state index in [0.29, 0.717) is 42.4 Å². The van der Waals surface area contributed by atoms with Gasteiger partial charge in [0.1, 0.15) is 5.82 Å². The second-order valence-electron chi connectivity index (χ2n) is 8.03. The van der Waals surface area contributed by atoms with Crippen LogP contribution >= 0.6 is 0 Å². The molecule has 0 aliphatic carbocycles. The number of ketones is 1. The molecular formula is C25H30FNO4. The normalized spacial score (nSPS) is 14.4. The number of methoxy groups -OCH3 is 1. The smallest absolute Gasteiger partial charge is 0.222 e. The van der Waals surface area contributed by atoms with Gasteiger partial charge in [0, 0.05) is 25.1 Å². The molecule has 1 heterocycles. The van der Waals surface area contributed by atoms with Gasteiger partial charge in [0.05, 0.1) is 13.7 Å². The van der Waals surface area contributed by atoms with Gasteiger partial charge in [-0.1, -0.05) is 12.1 Å². The Morgan fingerprint density at radius 3 is 2.55 bits per heavy atom. The number of carbonyl (C=O) groups excluding carboxylic acids is 2. The van der Waals surface area contributed by atoms with Gasteiger partial charge in [-0.25, -0.2) is 4.39 Å². The quantitative estimate of drug-likeness (QED) is 0.431. The first-order valence-electron chi connectivity index (χ1n) is 10.8. The predicted octanol–water partition coefficient (Wildman–Crippen LogP) is 4.68. The van der Waals surface area contributed by atoms with Gasteiger partial charge in [-0.2, -0.15) is 0 Å². The molecule has 0 N–H and O–H groups in total. The van der Waals surface area contributed by atoms with Gasteiger partial charge < -0.3 is 14.4 Å². The number of nitrogens with zero attached hydrogens (tertiary/aromatic N) is 1. The maximum absolute atomic E-state index is 13.4. The van der Waals surface area contributed by atoms with E-state index in [2.05, 4.69) is 0 Å². The van der Waals surface area contributed by atoms with Crippen molar-refractivity contribution in [1.29, 1.82) is 0 Å². The third-order valence-corrected chi connectivity index (χ3v) is 5.74. The second kappa shape index (κ2) is 10.9. The molecule has 0 aromatic heterocycles. The number of hydrogen-bond acceptors (Lipinski definition) is 4. The Morgan fingerprint density at radius 1 is 1.10 bits per heavy atom. The number of hydrogen-bond donors (Lipinski definition) is 0. The Kier molecular flexibility index (Phi) is 8.04. The van der Waals surface area contributed by atoms with Gasteiger partial charge in [-0.15, -0.1) is 0 Å². The molecule has 0 unspecified atom stereocenters. The lowest BCUT2D eigenvalue weighted by Gasteiger charge is -2.32. The summed E-state index contributed by atoms with van der Waals surface area (Å²) >= 11 is 0. The molecule has 1 aliphatic heterocycles. The minimum absolute atomic E-state index is 0.0323. The van der Waals surface area contributed by atoms with E-state index in [9.17, 15) is 14.0 Å². The first-order chi connectivity index (χ1) is 15.0. The van der Waals surface area contributed by atoms with E-state index in [1.54, 1.807) is 30.3 Å².